The molecule has 0 aromatic heterocycles. The zero-order valence-corrected chi connectivity index (χ0v) is 16.2. The normalized spacial score (nSPS) is 4.50. The predicted octanol–water partition coefficient (Wildman–Crippen LogP) is 0.812. The van der Waals surface area contributed by atoms with Gasteiger partial charge in [0.25, 0.3) is 0 Å². The molecule has 0 spiro atoms. The molecule has 0 N–H and O–H groups in total. The summed E-state index contributed by atoms with van der Waals surface area (Å²) in [4.78, 5) is 9.18. The molecule has 0 atom stereocenters. The van der Waals surface area contributed by atoms with Crippen molar-refractivity contribution in [2.24, 2.45) is 0 Å². The van der Waals surface area contributed by atoms with E-state index in [2.05, 4.69) is 19.8 Å². The Labute approximate surface area is 107 Å². The molecule has 0 aromatic rings. The zero-order chi connectivity index (χ0) is 5.41. The molecule has 0 saturated heterocycles. The van der Waals surface area contributed by atoms with E-state index < -0.39 is 0 Å². The van der Waals surface area contributed by atoms with E-state index in [0.29, 0.717) is 0 Å². The van der Waals surface area contributed by atoms with E-state index >= 15 is 0 Å². The topological polar surface area (TPSA) is 0 Å². The Morgan fingerprint density at radius 2 is 0.625 bits per heavy atom. The van der Waals surface area contributed by atoms with Crippen LogP contribution in [-0.2, 0) is 0 Å². The van der Waals surface area contributed by atoms with Crippen LogP contribution in [0, 0.1) is 0 Å². The first kappa shape index (κ1) is 22.5. The van der Waals surface area contributed by atoms with Crippen molar-refractivity contribution in [3.05, 3.63) is 0 Å². The van der Waals surface area contributed by atoms with Crippen LogP contribution in [0.3, 0.4) is 0 Å². The van der Waals surface area contributed by atoms with Crippen LogP contribution in [0.1, 0.15) is 0 Å². The summed E-state index contributed by atoms with van der Waals surface area (Å²) in [7, 11) is 0. The Morgan fingerprint density at radius 3 is 0.625 bits per heavy atom. The van der Waals surface area contributed by atoms with Gasteiger partial charge in [-0.2, -0.15) is 0 Å². The van der Waals surface area contributed by atoms with E-state index in [0.717, 1.165) is 0 Å². The van der Waals surface area contributed by atoms with Crippen LogP contribution in [0.15, 0.2) is 0 Å². The molecule has 0 rings (SSSR count). The number of rotatable bonds is 0. The van der Waals surface area contributed by atoms with Crippen molar-refractivity contribution in [1.82, 2.24) is 0 Å². The summed E-state index contributed by atoms with van der Waals surface area (Å²) in [5.74, 6) is 0. The van der Waals surface area contributed by atoms with Crippen molar-refractivity contribution in [3.8, 4) is 0 Å². The van der Waals surface area contributed by atoms with Crippen molar-refractivity contribution in [2.75, 3.05) is 0 Å². The molecule has 8 radical (unpaired) electrons. The van der Waals surface area contributed by atoms with Gasteiger partial charge in [0.1, 0.15) is 0 Å². The van der Waals surface area contributed by atoms with E-state index in [1.54, 1.807) is 0 Å². The Hall–Kier alpha value is 3.18. The fourth-order valence-corrected chi connectivity index (χ4v) is 0. The van der Waals surface area contributed by atoms with Gasteiger partial charge in [-0.05, 0) is 0 Å². The van der Waals surface area contributed by atoms with Gasteiger partial charge < -0.3 is 0 Å². The molecular weight excluding hydrogens is 541 g/mol. The minimum absolute atomic E-state index is 0. The van der Waals surface area contributed by atoms with Gasteiger partial charge in [-0.15, -0.1) is 0 Å². The summed E-state index contributed by atoms with van der Waals surface area (Å²) in [6.07, 6.45) is 0. The van der Waals surface area contributed by atoms with Gasteiger partial charge >= 0.3 is 62.0 Å². The minimum Gasteiger partial charge on any atom is 0 e. The molecule has 0 aliphatic carbocycles. The third-order valence-electron chi connectivity index (χ3n) is 0. The molecule has 0 heterocycles. The molecule has 48 valence electrons. The molecule has 0 aliphatic rings. The van der Waals surface area contributed by atoms with Gasteiger partial charge in [0.05, 0.1) is 0 Å². The van der Waals surface area contributed by atoms with Crippen LogP contribution in [-0.4, -0.2) is 89.6 Å². The Kier molecular flexibility index (Phi) is 89.8. The summed E-state index contributed by atoms with van der Waals surface area (Å²) in [5.41, 5.74) is 0. The van der Waals surface area contributed by atoms with Crippen LogP contribution in [0.2, 0.25) is 19.8 Å². The van der Waals surface area contributed by atoms with Gasteiger partial charge in [-0.1, -0.05) is 0 Å². The van der Waals surface area contributed by atoms with E-state index in [9.17, 15) is 0 Å². The maximum Gasteiger partial charge on any atom is 0 e. The van der Waals surface area contributed by atoms with Crippen LogP contribution in [0.4, 0.5) is 0 Å². The van der Waals surface area contributed by atoms with Gasteiger partial charge in [0.2, 0.25) is 0 Å². The first-order chi connectivity index (χ1) is 2.83. The molecule has 0 amide bonds. The minimum atomic E-state index is 0. The SMILES string of the molecule is [CH3][Sn][CH3].[CH3][Sn][CH3].[Te].[Te]. The van der Waals surface area contributed by atoms with E-state index in [4.69, 9.17) is 0 Å². The molecule has 0 bridgehead atoms. The third kappa shape index (κ3) is 60.8. The monoisotopic (exact) mass is 560 g/mol. The Balaban J connectivity index is -0.0000000160. The van der Waals surface area contributed by atoms with Gasteiger partial charge in [-0.25, -0.2) is 0 Å². The second-order valence-electron chi connectivity index (χ2n) is 1.00. The molecule has 4 heteroatoms. The summed E-state index contributed by atoms with van der Waals surface area (Å²) >= 11 is 0.460. The molecule has 0 aliphatic heterocycles. The molecule has 0 nitrogen and oxygen atoms in total. The Morgan fingerprint density at radius 1 is 0.625 bits per heavy atom. The van der Waals surface area contributed by atoms with E-state index in [1.807, 2.05) is 0 Å². The maximum absolute atomic E-state index is 2.30. The quantitative estimate of drug-likeness (QED) is 0.391. The fourth-order valence-electron chi connectivity index (χ4n) is 0. The largest absolute Gasteiger partial charge is 0 e. The molecular formula is C4H12Sn2Te2. The van der Waals surface area contributed by atoms with Crippen molar-refractivity contribution in [1.29, 1.82) is 0 Å². The average molecular weight is 553 g/mol. The van der Waals surface area contributed by atoms with Gasteiger partial charge in [0.15, 0.2) is 0 Å². The second kappa shape index (κ2) is 32.0. The third-order valence-corrected chi connectivity index (χ3v) is 0. The summed E-state index contributed by atoms with van der Waals surface area (Å²) in [5, 5.41) is 0. The Bertz CT molecular complexity index is 14.0. The molecule has 0 aromatic carbocycles. The standard InChI is InChI=1S/4CH3.2Sn.2Te/h4*1H3;;;;. The molecule has 0 fully saturated rings. The van der Waals surface area contributed by atoms with Gasteiger partial charge in [-0.3, -0.25) is 0 Å². The molecule has 0 saturated carbocycles. The van der Waals surface area contributed by atoms with Crippen molar-refractivity contribution in [3.63, 3.8) is 0 Å². The predicted molar refractivity (Wildman–Crippen MR) is 46.5 cm³/mol. The zero-order valence-electron chi connectivity index (χ0n) is 5.82. The summed E-state index contributed by atoms with van der Waals surface area (Å²) in [6.45, 7) is 0. The fraction of sp³-hybridized carbons (Fsp3) is 1.00. The number of hydrogen-bond acceptors (Lipinski definition) is 0. The summed E-state index contributed by atoms with van der Waals surface area (Å²) in [6, 6.07) is 0. The van der Waals surface area contributed by atoms with E-state index in [1.165, 1.54) is 0 Å². The average Bonchev–Trinajstić information content (AvgIpc) is 1.39. The van der Waals surface area contributed by atoms with Crippen molar-refractivity contribution < 1.29 is 0 Å². The summed E-state index contributed by atoms with van der Waals surface area (Å²) < 4.78 is 0. The van der Waals surface area contributed by atoms with Crippen LogP contribution in [0.25, 0.3) is 0 Å². The van der Waals surface area contributed by atoms with Gasteiger partial charge in [0, 0.05) is 47.3 Å². The van der Waals surface area contributed by atoms with E-state index in [-0.39, 0.29) is 89.6 Å². The van der Waals surface area contributed by atoms with Crippen LogP contribution < -0.4 is 0 Å². The molecule has 0 unspecified atom stereocenters. The number of hydrogen-bond donors (Lipinski definition) is 0. The first-order valence-corrected chi connectivity index (χ1v) is 13.4. The van der Waals surface area contributed by atoms with Crippen LogP contribution >= 0.6 is 0 Å². The van der Waals surface area contributed by atoms with Crippen LogP contribution in [0.5, 0.6) is 0 Å². The van der Waals surface area contributed by atoms with Crippen molar-refractivity contribution in [2.45, 2.75) is 19.8 Å². The maximum atomic E-state index is 2.30. The second-order valence-corrected chi connectivity index (χ2v) is 6.71. The van der Waals surface area contributed by atoms with Crippen molar-refractivity contribution >= 4 is 89.6 Å². The first-order valence-electron chi connectivity index (χ1n) is 2.00. The smallest absolute Gasteiger partial charge is 0 e. The molecule has 8 heavy (non-hydrogen) atoms.